The number of rotatable bonds is 4. The average Bonchev–Trinajstić information content (AvgIpc) is 3.57. The number of benzene rings is 2. The number of imidazole rings is 1. The van der Waals surface area contributed by atoms with Crippen LogP contribution in [-0.2, 0) is 0 Å². The maximum absolute atomic E-state index is 14.1. The Morgan fingerprint density at radius 1 is 1.05 bits per heavy atom. The van der Waals surface area contributed by atoms with Gasteiger partial charge in [-0.05, 0) is 43.2 Å². The van der Waals surface area contributed by atoms with Crippen LogP contribution >= 0.6 is 0 Å². The number of aromatic amines is 1. The second-order valence-electron chi connectivity index (χ2n) is 9.43. The van der Waals surface area contributed by atoms with Crippen LogP contribution in [-0.4, -0.2) is 48.2 Å². The van der Waals surface area contributed by atoms with Gasteiger partial charge in [-0.3, -0.25) is 14.3 Å². The monoisotopic (exact) mass is 543 g/mol. The standard InChI is InChI=1S/C28H20F3N7O2/c29-20-11-19(12-21(30)25(20)31)38-24(17-4-2-8-33-15-17)13-23(35-38)27(39)36-9-6-18(7-10-36)37-26-16(14-32)3-1-5-22(26)34-28(37)40/h1-5,8,11-13,15,18H,6-7,9-10H2,(H,34,40). The molecule has 200 valence electrons. The van der Waals surface area contributed by atoms with E-state index in [1.807, 2.05) is 0 Å². The Morgan fingerprint density at radius 3 is 2.48 bits per heavy atom. The third-order valence-electron chi connectivity index (χ3n) is 7.07. The summed E-state index contributed by atoms with van der Waals surface area (Å²) in [6.07, 6.45) is 3.99. The maximum Gasteiger partial charge on any atom is 0.326 e. The molecule has 1 aliphatic heterocycles. The summed E-state index contributed by atoms with van der Waals surface area (Å²) in [5, 5.41) is 13.9. The zero-order valence-electron chi connectivity index (χ0n) is 20.8. The predicted octanol–water partition coefficient (Wildman–Crippen LogP) is 4.34. The van der Waals surface area contributed by atoms with Crippen LogP contribution in [0.2, 0.25) is 0 Å². The lowest BCUT2D eigenvalue weighted by Crippen LogP contribution is -2.40. The van der Waals surface area contributed by atoms with E-state index in [2.05, 4.69) is 21.1 Å². The molecule has 9 nitrogen and oxygen atoms in total. The summed E-state index contributed by atoms with van der Waals surface area (Å²) in [6, 6.07) is 13.5. The molecule has 1 amide bonds. The fourth-order valence-electron chi connectivity index (χ4n) is 5.18. The minimum absolute atomic E-state index is 0.0264. The SMILES string of the molecule is N#Cc1cccc2[nH]c(=O)n(C3CCN(C(=O)c4cc(-c5cccnc5)n(-c5cc(F)c(F)c(F)c5)n4)CC3)c12. The second-order valence-corrected chi connectivity index (χ2v) is 9.43. The van der Waals surface area contributed by atoms with E-state index in [-0.39, 0.29) is 23.1 Å². The number of likely N-dealkylation sites (tertiary alicyclic amines) is 1. The largest absolute Gasteiger partial charge is 0.337 e. The van der Waals surface area contributed by atoms with Gasteiger partial charge >= 0.3 is 5.69 Å². The van der Waals surface area contributed by atoms with Crippen LogP contribution < -0.4 is 5.69 Å². The summed E-state index contributed by atoms with van der Waals surface area (Å²) < 4.78 is 44.5. The van der Waals surface area contributed by atoms with Crippen LogP contribution in [0.1, 0.15) is 34.9 Å². The number of para-hydroxylation sites is 1. The van der Waals surface area contributed by atoms with Crippen molar-refractivity contribution in [2.24, 2.45) is 0 Å². The Balaban J connectivity index is 1.30. The van der Waals surface area contributed by atoms with Crippen LogP contribution in [0.5, 0.6) is 0 Å². The normalized spacial score (nSPS) is 14.0. The molecule has 0 radical (unpaired) electrons. The summed E-state index contributed by atoms with van der Waals surface area (Å²) in [7, 11) is 0. The van der Waals surface area contributed by atoms with E-state index < -0.39 is 23.4 Å². The van der Waals surface area contributed by atoms with Gasteiger partial charge in [0.15, 0.2) is 23.1 Å². The number of hydrogen-bond donors (Lipinski definition) is 1. The molecule has 0 saturated carbocycles. The molecule has 1 N–H and O–H groups in total. The molecule has 12 heteroatoms. The van der Waals surface area contributed by atoms with E-state index >= 15 is 0 Å². The van der Waals surface area contributed by atoms with Crippen LogP contribution in [0.3, 0.4) is 0 Å². The molecule has 4 heterocycles. The number of amides is 1. The van der Waals surface area contributed by atoms with E-state index in [0.717, 1.165) is 12.1 Å². The zero-order valence-corrected chi connectivity index (χ0v) is 20.8. The highest BCUT2D eigenvalue weighted by Crippen LogP contribution is 2.29. The summed E-state index contributed by atoms with van der Waals surface area (Å²) in [5.74, 6) is -4.78. The molecule has 0 aliphatic carbocycles. The first-order chi connectivity index (χ1) is 19.4. The van der Waals surface area contributed by atoms with Gasteiger partial charge in [0.1, 0.15) is 6.07 Å². The topological polar surface area (TPSA) is 113 Å². The first kappa shape index (κ1) is 25.1. The van der Waals surface area contributed by atoms with Crippen LogP contribution in [0.4, 0.5) is 13.2 Å². The van der Waals surface area contributed by atoms with Crippen molar-refractivity contribution in [3.8, 4) is 23.0 Å². The third kappa shape index (κ3) is 4.21. The minimum Gasteiger partial charge on any atom is -0.337 e. The Kier molecular flexibility index (Phi) is 6.18. The molecule has 0 atom stereocenters. The highest BCUT2D eigenvalue weighted by atomic mass is 19.2. The number of carbonyl (C=O) groups excluding carboxylic acids is 1. The lowest BCUT2D eigenvalue weighted by atomic mass is 10.0. The van der Waals surface area contributed by atoms with Crippen LogP contribution in [0.15, 0.2) is 65.7 Å². The Hall–Kier alpha value is -5.18. The summed E-state index contributed by atoms with van der Waals surface area (Å²) in [6.45, 7) is 0.623. The highest BCUT2D eigenvalue weighted by Gasteiger charge is 2.29. The molecule has 0 unspecified atom stereocenters. The van der Waals surface area contributed by atoms with Gasteiger partial charge < -0.3 is 9.88 Å². The molecule has 3 aromatic heterocycles. The quantitative estimate of drug-likeness (QED) is 0.339. The number of fused-ring (bicyclic) bond motifs is 1. The molecule has 1 saturated heterocycles. The van der Waals surface area contributed by atoms with Crippen molar-refractivity contribution in [2.45, 2.75) is 18.9 Å². The van der Waals surface area contributed by atoms with Crippen molar-refractivity contribution in [3.63, 3.8) is 0 Å². The molecule has 1 aliphatic rings. The van der Waals surface area contributed by atoms with Gasteiger partial charge in [0, 0.05) is 49.2 Å². The van der Waals surface area contributed by atoms with Gasteiger partial charge in [-0.25, -0.2) is 22.6 Å². The number of H-pyrrole nitrogens is 1. The number of nitriles is 1. The van der Waals surface area contributed by atoms with E-state index in [9.17, 15) is 28.0 Å². The summed E-state index contributed by atoms with van der Waals surface area (Å²) in [5.41, 5.74) is 1.98. The third-order valence-corrected chi connectivity index (χ3v) is 7.07. The van der Waals surface area contributed by atoms with Gasteiger partial charge in [-0.2, -0.15) is 10.4 Å². The molecule has 6 rings (SSSR count). The van der Waals surface area contributed by atoms with Gasteiger partial charge in [-0.1, -0.05) is 6.07 Å². The smallest absolute Gasteiger partial charge is 0.326 e. The van der Waals surface area contributed by atoms with Crippen molar-refractivity contribution in [2.75, 3.05) is 13.1 Å². The van der Waals surface area contributed by atoms with Crippen LogP contribution in [0.25, 0.3) is 28.0 Å². The molecule has 0 spiro atoms. The molecular formula is C28H20F3N7O2. The van der Waals surface area contributed by atoms with Gasteiger partial charge in [0.2, 0.25) is 0 Å². The number of nitrogens with one attached hydrogen (secondary N) is 1. The highest BCUT2D eigenvalue weighted by molar-refractivity contribution is 5.93. The lowest BCUT2D eigenvalue weighted by Gasteiger charge is -2.32. The number of halogens is 3. The number of nitrogens with zero attached hydrogens (tertiary/aromatic N) is 6. The van der Waals surface area contributed by atoms with E-state index in [4.69, 9.17) is 0 Å². The first-order valence-electron chi connectivity index (χ1n) is 12.4. The number of piperidine rings is 1. The Morgan fingerprint density at radius 2 is 1.80 bits per heavy atom. The number of carbonyl (C=O) groups is 1. The molecule has 5 aromatic rings. The number of pyridine rings is 1. The molecule has 0 bridgehead atoms. The summed E-state index contributed by atoms with van der Waals surface area (Å²) >= 11 is 0. The van der Waals surface area contributed by atoms with Gasteiger partial charge in [0.05, 0.1) is 28.0 Å². The van der Waals surface area contributed by atoms with Gasteiger partial charge in [-0.15, -0.1) is 0 Å². The molecule has 2 aromatic carbocycles. The maximum atomic E-state index is 14.1. The average molecular weight is 544 g/mol. The second kappa shape index (κ2) is 9.85. The van der Waals surface area contributed by atoms with E-state index in [0.29, 0.717) is 53.8 Å². The molecule has 1 fully saturated rings. The van der Waals surface area contributed by atoms with Gasteiger partial charge in [0.25, 0.3) is 5.91 Å². The number of hydrogen-bond acceptors (Lipinski definition) is 5. The fourth-order valence-corrected chi connectivity index (χ4v) is 5.18. The summed E-state index contributed by atoms with van der Waals surface area (Å²) in [4.78, 5) is 34.7. The predicted molar refractivity (Wildman–Crippen MR) is 138 cm³/mol. The molecule has 40 heavy (non-hydrogen) atoms. The lowest BCUT2D eigenvalue weighted by molar-refractivity contribution is 0.0688. The van der Waals surface area contributed by atoms with E-state index in [1.54, 1.807) is 46.0 Å². The van der Waals surface area contributed by atoms with E-state index in [1.165, 1.54) is 16.9 Å². The van der Waals surface area contributed by atoms with Crippen molar-refractivity contribution in [1.29, 1.82) is 5.26 Å². The Labute approximate surface area is 224 Å². The zero-order chi connectivity index (χ0) is 28.0. The number of aromatic nitrogens is 5. The van der Waals surface area contributed by atoms with Crippen molar-refractivity contribution in [1.82, 2.24) is 29.2 Å². The molecular weight excluding hydrogens is 523 g/mol. The first-order valence-corrected chi connectivity index (χ1v) is 12.4. The Bertz CT molecular complexity index is 1840. The van der Waals surface area contributed by atoms with Crippen molar-refractivity contribution >= 4 is 16.9 Å². The van der Waals surface area contributed by atoms with Crippen molar-refractivity contribution in [3.05, 3.63) is 100 Å². The minimum atomic E-state index is -1.60. The van der Waals surface area contributed by atoms with Crippen molar-refractivity contribution < 1.29 is 18.0 Å². The fraction of sp³-hybridized carbons (Fsp3) is 0.179. The van der Waals surface area contributed by atoms with Crippen LogP contribution in [0, 0.1) is 28.8 Å².